The van der Waals surface area contributed by atoms with Gasteiger partial charge in [-0.15, -0.1) is 0 Å². The molecule has 1 atom stereocenters. The maximum atomic E-state index is 12.8. The van der Waals surface area contributed by atoms with Gasteiger partial charge in [-0.3, -0.25) is 14.9 Å². The number of carbonyl (C=O) groups excluding carboxylic acids is 1. The number of anilines is 1. The molecule has 0 aromatic heterocycles. The molecule has 1 saturated carbocycles. The minimum absolute atomic E-state index is 0.101. The second-order valence-electron chi connectivity index (χ2n) is 6.61. The van der Waals surface area contributed by atoms with Crippen molar-refractivity contribution >= 4 is 23.3 Å². The van der Waals surface area contributed by atoms with Gasteiger partial charge in [0.1, 0.15) is 11.7 Å². The van der Waals surface area contributed by atoms with Gasteiger partial charge in [-0.2, -0.15) is 0 Å². The summed E-state index contributed by atoms with van der Waals surface area (Å²) in [6.07, 6.45) is 3.50. The largest absolute Gasteiger partial charge is 0.480 e. The highest BCUT2D eigenvalue weighted by Crippen LogP contribution is 2.34. The molecule has 8 nitrogen and oxygen atoms in total. The molecule has 0 radical (unpaired) electrons. The molecule has 0 bridgehead atoms. The summed E-state index contributed by atoms with van der Waals surface area (Å²) in [5.41, 5.74) is 0.574. The summed E-state index contributed by atoms with van der Waals surface area (Å²) in [7, 11) is 0. The molecular formula is C17H21N3O5. The first-order valence-corrected chi connectivity index (χ1v) is 8.49. The number of carboxylic acid groups (broad SMARTS) is 1. The molecule has 1 amide bonds. The average Bonchev–Trinajstić information content (AvgIpc) is 3.26. The molecule has 134 valence electrons. The number of nitrogens with zero attached hydrogens (tertiary/aromatic N) is 3. The number of rotatable bonds is 6. The number of hydrogen-bond acceptors (Lipinski definition) is 5. The van der Waals surface area contributed by atoms with E-state index in [1.165, 1.54) is 17.9 Å². The summed E-state index contributed by atoms with van der Waals surface area (Å²) in [4.78, 5) is 38.4. The third-order valence-corrected chi connectivity index (χ3v) is 4.82. The molecule has 1 unspecified atom stereocenters. The fraction of sp³-hybridized carbons (Fsp3) is 0.529. The molecule has 0 spiro atoms. The van der Waals surface area contributed by atoms with E-state index in [1.807, 2.05) is 4.90 Å². The van der Waals surface area contributed by atoms with Crippen LogP contribution < -0.4 is 4.90 Å². The summed E-state index contributed by atoms with van der Waals surface area (Å²) in [6.45, 7) is 2.99. The van der Waals surface area contributed by atoms with Crippen molar-refractivity contribution in [3.05, 3.63) is 33.9 Å². The molecule has 8 heteroatoms. The zero-order chi connectivity index (χ0) is 18.1. The lowest BCUT2D eigenvalue weighted by atomic mass is 10.1. The van der Waals surface area contributed by atoms with Crippen molar-refractivity contribution in [2.75, 3.05) is 18.0 Å². The number of aliphatic carboxylic acids is 1. The van der Waals surface area contributed by atoms with Crippen molar-refractivity contribution in [3.63, 3.8) is 0 Å². The van der Waals surface area contributed by atoms with Crippen molar-refractivity contribution in [1.82, 2.24) is 4.90 Å². The third-order valence-electron chi connectivity index (χ3n) is 4.82. The van der Waals surface area contributed by atoms with Crippen LogP contribution in [0.15, 0.2) is 18.2 Å². The van der Waals surface area contributed by atoms with Gasteiger partial charge < -0.3 is 14.9 Å². The van der Waals surface area contributed by atoms with Gasteiger partial charge in [0.05, 0.1) is 4.92 Å². The fourth-order valence-corrected chi connectivity index (χ4v) is 3.31. The van der Waals surface area contributed by atoms with Crippen LogP contribution in [0.2, 0.25) is 0 Å². The summed E-state index contributed by atoms with van der Waals surface area (Å²) >= 11 is 0. The van der Waals surface area contributed by atoms with E-state index in [9.17, 15) is 24.8 Å². The van der Waals surface area contributed by atoms with Gasteiger partial charge in [0.25, 0.3) is 11.6 Å². The lowest BCUT2D eigenvalue weighted by Gasteiger charge is -2.27. The van der Waals surface area contributed by atoms with Crippen LogP contribution in [0.1, 0.15) is 43.0 Å². The first-order chi connectivity index (χ1) is 11.9. The van der Waals surface area contributed by atoms with E-state index in [0.29, 0.717) is 5.69 Å². The lowest BCUT2D eigenvalue weighted by Crippen LogP contribution is -2.44. The van der Waals surface area contributed by atoms with E-state index < -0.39 is 22.8 Å². The third kappa shape index (κ3) is 3.42. The smallest absolute Gasteiger partial charge is 0.326 e. The Morgan fingerprint density at radius 3 is 2.48 bits per heavy atom. The number of nitro benzene ring substituents is 1. The maximum Gasteiger partial charge on any atom is 0.326 e. The van der Waals surface area contributed by atoms with Crippen LogP contribution in [0, 0.1) is 10.1 Å². The molecule has 2 aliphatic rings. The van der Waals surface area contributed by atoms with Gasteiger partial charge in [0.15, 0.2) is 0 Å². The van der Waals surface area contributed by atoms with E-state index in [1.54, 1.807) is 12.1 Å². The Morgan fingerprint density at radius 1 is 1.32 bits per heavy atom. The lowest BCUT2D eigenvalue weighted by molar-refractivity contribution is -0.384. The summed E-state index contributed by atoms with van der Waals surface area (Å²) < 4.78 is 0. The second kappa shape index (κ2) is 6.70. The molecule has 25 heavy (non-hydrogen) atoms. The molecule has 1 aliphatic heterocycles. The molecule has 1 aliphatic carbocycles. The van der Waals surface area contributed by atoms with Crippen molar-refractivity contribution in [2.45, 2.75) is 44.7 Å². The molecular weight excluding hydrogens is 326 g/mol. The predicted octanol–water partition coefficient (Wildman–Crippen LogP) is 2.27. The van der Waals surface area contributed by atoms with Gasteiger partial charge in [0, 0.05) is 30.8 Å². The Bertz CT molecular complexity index is 710. The standard InChI is InChI=1S/C17H21N3O5/c1-11(17(22)23)19(13-5-6-13)16(21)12-4-7-14(15(10-12)20(24)25)18-8-2-3-9-18/h4,7,10-11,13H,2-3,5-6,8-9H2,1H3,(H,22,23). The summed E-state index contributed by atoms with van der Waals surface area (Å²) in [6, 6.07) is 3.38. The van der Waals surface area contributed by atoms with Crippen LogP contribution in [-0.4, -0.2) is 52.0 Å². The fourth-order valence-electron chi connectivity index (χ4n) is 3.31. The zero-order valence-electron chi connectivity index (χ0n) is 14.1. The van der Waals surface area contributed by atoms with E-state index >= 15 is 0 Å². The highest BCUT2D eigenvalue weighted by atomic mass is 16.6. The Morgan fingerprint density at radius 2 is 1.96 bits per heavy atom. The zero-order valence-corrected chi connectivity index (χ0v) is 14.1. The molecule has 1 heterocycles. The van der Waals surface area contributed by atoms with Crippen molar-refractivity contribution < 1.29 is 19.6 Å². The van der Waals surface area contributed by atoms with Gasteiger partial charge in [0.2, 0.25) is 0 Å². The number of hydrogen-bond donors (Lipinski definition) is 1. The maximum absolute atomic E-state index is 12.8. The van der Waals surface area contributed by atoms with E-state index in [0.717, 1.165) is 38.8 Å². The second-order valence-corrected chi connectivity index (χ2v) is 6.61. The van der Waals surface area contributed by atoms with E-state index in [2.05, 4.69) is 0 Å². The minimum Gasteiger partial charge on any atom is -0.480 e. The van der Waals surface area contributed by atoms with Crippen LogP contribution in [0.3, 0.4) is 0 Å². The van der Waals surface area contributed by atoms with Crippen molar-refractivity contribution in [1.29, 1.82) is 0 Å². The molecule has 1 N–H and O–H groups in total. The molecule has 1 aromatic rings. The quantitative estimate of drug-likeness (QED) is 0.625. The number of benzene rings is 1. The normalized spacial score (nSPS) is 18.0. The van der Waals surface area contributed by atoms with E-state index in [-0.39, 0.29) is 17.3 Å². The number of carboxylic acids is 1. The van der Waals surface area contributed by atoms with Gasteiger partial charge in [-0.25, -0.2) is 4.79 Å². The molecule has 1 saturated heterocycles. The highest BCUT2D eigenvalue weighted by Gasteiger charge is 2.39. The van der Waals surface area contributed by atoms with Crippen LogP contribution in [0.25, 0.3) is 0 Å². The predicted molar refractivity (Wildman–Crippen MR) is 90.8 cm³/mol. The van der Waals surface area contributed by atoms with Gasteiger partial charge in [-0.05, 0) is 44.7 Å². The SMILES string of the molecule is CC(C(=O)O)N(C(=O)c1ccc(N2CCCC2)c([N+](=O)[O-])c1)C1CC1. The highest BCUT2D eigenvalue weighted by molar-refractivity contribution is 5.98. The first-order valence-electron chi connectivity index (χ1n) is 8.49. The van der Waals surface area contributed by atoms with Crippen molar-refractivity contribution in [2.24, 2.45) is 0 Å². The molecule has 2 fully saturated rings. The number of amides is 1. The average molecular weight is 347 g/mol. The number of carbonyl (C=O) groups is 2. The first kappa shape index (κ1) is 17.2. The summed E-state index contributed by atoms with van der Waals surface area (Å²) in [5.74, 6) is -1.54. The number of nitro groups is 1. The Balaban J connectivity index is 1.93. The minimum atomic E-state index is -1.08. The molecule has 3 rings (SSSR count). The van der Waals surface area contributed by atoms with Crippen molar-refractivity contribution in [3.8, 4) is 0 Å². The Hall–Kier alpha value is -2.64. The monoisotopic (exact) mass is 347 g/mol. The van der Waals surface area contributed by atoms with Crippen LogP contribution in [0.4, 0.5) is 11.4 Å². The van der Waals surface area contributed by atoms with Crippen LogP contribution >= 0.6 is 0 Å². The Kier molecular flexibility index (Phi) is 4.61. The van der Waals surface area contributed by atoms with Gasteiger partial charge in [-0.1, -0.05) is 0 Å². The topological polar surface area (TPSA) is 104 Å². The molecule has 1 aromatic carbocycles. The van der Waals surface area contributed by atoms with Crippen LogP contribution in [0.5, 0.6) is 0 Å². The Labute approximate surface area is 145 Å². The van der Waals surface area contributed by atoms with Crippen LogP contribution in [-0.2, 0) is 4.79 Å². The van der Waals surface area contributed by atoms with E-state index in [4.69, 9.17) is 0 Å². The summed E-state index contributed by atoms with van der Waals surface area (Å²) in [5, 5.41) is 20.7. The van der Waals surface area contributed by atoms with Gasteiger partial charge >= 0.3 is 5.97 Å².